The molecule has 0 fully saturated rings. The molecule has 0 unspecified atom stereocenters. The highest BCUT2D eigenvalue weighted by Crippen LogP contribution is 2.36. The topological polar surface area (TPSA) is 12.9 Å². The number of halogens is 6. The number of rotatable bonds is 2. The van der Waals surface area contributed by atoms with Gasteiger partial charge < -0.3 is 0 Å². The van der Waals surface area contributed by atoms with Gasteiger partial charge in [0.05, 0.1) is 11.1 Å². The summed E-state index contributed by atoms with van der Waals surface area (Å²) < 4.78 is 76.2. The van der Waals surface area contributed by atoms with Gasteiger partial charge >= 0.3 is 12.4 Å². The first-order valence-electron chi connectivity index (χ1n) is 5.84. The second-order valence-corrected chi connectivity index (χ2v) is 4.41. The first-order chi connectivity index (χ1) is 9.66. The lowest BCUT2D eigenvalue weighted by Gasteiger charge is -2.14. The summed E-state index contributed by atoms with van der Waals surface area (Å²) >= 11 is 0. The lowest BCUT2D eigenvalue weighted by atomic mass is 10.0. The van der Waals surface area contributed by atoms with Crippen molar-refractivity contribution in [2.45, 2.75) is 18.8 Å². The normalized spacial score (nSPS) is 12.5. The smallest absolute Gasteiger partial charge is 0.261 e. The van der Waals surface area contributed by atoms with Crippen LogP contribution in [-0.4, -0.2) is 4.98 Å². The van der Waals surface area contributed by atoms with Crippen molar-refractivity contribution in [1.82, 2.24) is 4.98 Å². The summed E-state index contributed by atoms with van der Waals surface area (Å²) in [4.78, 5) is 3.90. The summed E-state index contributed by atoms with van der Waals surface area (Å²) in [5, 5.41) is 0. The molecule has 0 saturated heterocycles. The average Bonchev–Trinajstić information content (AvgIpc) is 2.37. The Morgan fingerprint density at radius 3 is 1.81 bits per heavy atom. The molecule has 2 aromatic rings. The molecule has 0 atom stereocenters. The Balaban J connectivity index is 2.45. The largest absolute Gasteiger partial charge is 0.416 e. The molecule has 21 heavy (non-hydrogen) atoms. The van der Waals surface area contributed by atoms with Gasteiger partial charge in [0.1, 0.15) is 0 Å². The maximum Gasteiger partial charge on any atom is 0.416 e. The number of nitrogens with zero attached hydrogens (tertiary/aromatic N) is 1. The highest BCUT2D eigenvalue weighted by molar-refractivity contribution is 5.35. The van der Waals surface area contributed by atoms with Crippen LogP contribution in [0.25, 0.3) is 0 Å². The van der Waals surface area contributed by atoms with Gasteiger partial charge in [-0.1, -0.05) is 6.07 Å². The van der Waals surface area contributed by atoms with Crippen LogP contribution in [-0.2, 0) is 18.8 Å². The monoisotopic (exact) mass is 305 g/mol. The minimum absolute atomic E-state index is 0.0872. The molecule has 1 aromatic heterocycles. The minimum Gasteiger partial charge on any atom is -0.261 e. The van der Waals surface area contributed by atoms with Crippen LogP contribution in [0.5, 0.6) is 0 Å². The Morgan fingerprint density at radius 1 is 0.810 bits per heavy atom. The van der Waals surface area contributed by atoms with Gasteiger partial charge in [-0.05, 0) is 35.9 Å². The lowest BCUT2D eigenvalue weighted by Crippen LogP contribution is -2.12. The van der Waals surface area contributed by atoms with E-state index in [9.17, 15) is 26.3 Å². The van der Waals surface area contributed by atoms with Gasteiger partial charge in [0.25, 0.3) is 0 Å². The van der Waals surface area contributed by atoms with Crippen LogP contribution in [0.15, 0.2) is 42.6 Å². The second-order valence-electron chi connectivity index (χ2n) is 4.41. The van der Waals surface area contributed by atoms with Crippen LogP contribution in [0.4, 0.5) is 26.3 Å². The Morgan fingerprint density at radius 2 is 1.38 bits per heavy atom. The molecule has 0 saturated carbocycles. The van der Waals surface area contributed by atoms with Crippen molar-refractivity contribution in [3.63, 3.8) is 0 Å². The third-order valence-electron chi connectivity index (χ3n) is 2.76. The van der Waals surface area contributed by atoms with Gasteiger partial charge in [-0.15, -0.1) is 0 Å². The van der Waals surface area contributed by atoms with Crippen LogP contribution >= 0.6 is 0 Å². The number of benzene rings is 1. The van der Waals surface area contributed by atoms with Gasteiger partial charge in [0, 0.05) is 18.3 Å². The fraction of sp³-hybridized carbons (Fsp3) is 0.214. The third kappa shape index (κ3) is 3.96. The fourth-order valence-corrected chi connectivity index (χ4v) is 1.83. The van der Waals surface area contributed by atoms with Gasteiger partial charge in [-0.2, -0.15) is 26.3 Å². The molecule has 0 aliphatic carbocycles. The first-order valence-corrected chi connectivity index (χ1v) is 5.84. The van der Waals surface area contributed by atoms with E-state index in [1.165, 1.54) is 12.3 Å². The maximum absolute atomic E-state index is 12.7. The number of aromatic nitrogens is 1. The van der Waals surface area contributed by atoms with E-state index in [-0.39, 0.29) is 18.1 Å². The van der Waals surface area contributed by atoms with Crippen LogP contribution in [0.2, 0.25) is 0 Å². The fourth-order valence-electron chi connectivity index (χ4n) is 1.83. The molecule has 0 amide bonds. The van der Waals surface area contributed by atoms with E-state index in [2.05, 4.69) is 4.98 Å². The molecule has 0 radical (unpaired) electrons. The Labute approximate surface area is 116 Å². The zero-order chi connectivity index (χ0) is 15.7. The van der Waals surface area contributed by atoms with Crippen molar-refractivity contribution >= 4 is 0 Å². The molecular weight excluding hydrogens is 296 g/mol. The molecule has 1 aromatic carbocycles. The van der Waals surface area contributed by atoms with Gasteiger partial charge in [0.2, 0.25) is 0 Å². The molecule has 0 N–H and O–H groups in total. The van der Waals surface area contributed by atoms with E-state index in [0.717, 1.165) is 0 Å². The van der Waals surface area contributed by atoms with Crippen molar-refractivity contribution in [1.29, 1.82) is 0 Å². The lowest BCUT2D eigenvalue weighted by molar-refractivity contribution is -0.143. The van der Waals surface area contributed by atoms with E-state index in [1.807, 2.05) is 0 Å². The summed E-state index contributed by atoms with van der Waals surface area (Å²) in [6, 6.07) is 6.29. The maximum atomic E-state index is 12.7. The quantitative estimate of drug-likeness (QED) is 0.732. The molecule has 7 heteroatoms. The van der Waals surface area contributed by atoms with Crippen molar-refractivity contribution in [3.05, 3.63) is 65.0 Å². The van der Waals surface area contributed by atoms with E-state index < -0.39 is 23.5 Å². The first kappa shape index (κ1) is 15.3. The average molecular weight is 305 g/mol. The molecule has 0 aliphatic rings. The number of hydrogen-bond acceptors (Lipinski definition) is 1. The molecule has 0 spiro atoms. The molecule has 1 nitrogen and oxygen atoms in total. The highest BCUT2D eigenvalue weighted by atomic mass is 19.4. The van der Waals surface area contributed by atoms with Crippen LogP contribution in [0.1, 0.15) is 22.4 Å². The number of pyridine rings is 1. The summed E-state index contributed by atoms with van der Waals surface area (Å²) in [5.74, 6) is 0. The Kier molecular flexibility index (Phi) is 3.93. The minimum atomic E-state index is -4.83. The van der Waals surface area contributed by atoms with Crippen molar-refractivity contribution in [2.24, 2.45) is 0 Å². The molecule has 0 aliphatic heterocycles. The van der Waals surface area contributed by atoms with Gasteiger partial charge in [-0.25, -0.2) is 0 Å². The summed E-state index contributed by atoms with van der Waals surface area (Å²) in [6.07, 6.45) is -8.35. The van der Waals surface area contributed by atoms with Gasteiger partial charge in [-0.3, -0.25) is 4.98 Å². The summed E-state index contributed by atoms with van der Waals surface area (Å²) in [5.41, 5.74) is -2.33. The van der Waals surface area contributed by atoms with E-state index in [1.54, 1.807) is 12.1 Å². The van der Waals surface area contributed by atoms with Crippen molar-refractivity contribution in [3.8, 4) is 0 Å². The Bertz CT molecular complexity index is 583. The predicted octanol–water partition coefficient (Wildman–Crippen LogP) is 4.71. The van der Waals surface area contributed by atoms with Crippen LogP contribution < -0.4 is 0 Å². The van der Waals surface area contributed by atoms with E-state index in [4.69, 9.17) is 0 Å². The molecule has 0 bridgehead atoms. The summed E-state index contributed by atoms with van der Waals surface area (Å²) in [6.45, 7) is 0. The SMILES string of the molecule is FC(F)(F)c1cc(Cc2ccccn2)cc(C(F)(F)F)c1. The third-order valence-corrected chi connectivity index (χ3v) is 2.76. The molecule has 2 rings (SSSR count). The second kappa shape index (κ2) is 5.38. The molecule has 112 valence electrons. The number of hydrogen-bond donors (Lipinski definition) is 0. The van der Waals surface area contributed by atoms with E-state index >= 15 is 0 Å². The molecule has 1 heterocycles. The zero-order valence-corrected chi connectivity index (χ0v) is 10.5. The van der Waals surface area contributed by atoms with Crippen LogP contribution in [0, 0.1) is 0 Å². The Hall–Kier alpha value is -2.05. The summed E-state index contributed by atoms with van der Waals surface area (Å²) in [7, 11) is 0. The van der Waals surface area contributed by atoms with Crippen molar-refractivity contribution in [2.75, 3.05) is 0 Å². The standard InChI is InChI=1S/C14H9F6N/c15-13(16,17)10-5-9(6-11(8-10)14(18,19)20)7-12-3-1-2-4-21-12/h1-6,8H,7H2. The van der Waals surface area contributed by atoms with Gasteiger partial charge in [0.15, 0.2) is 0 Å². The number of alkyl halides is 6. The van der Waals surface area contributed by atoms with Crippen LogP contribution in [0.3, 0.4) is 0 Å². The predicted molar refractivity (Wildman–Crippen MR) is 63.5 cm³/mol. The zero-order valence-electron chi connectivity index (χ0n) is 10.5. The highest BCUT2D eigenvalue weighted by Gasteiger charge is 2.36. The van der Waals surface area contributed by atoms with E-state index in [0.29, 0.717) is 17.8 Å². The molecular formula is C14H9F6N. The van der Waals surface area contributed by atoms with Crippen molar-refractivity contribution < 1.29 is 26.3 Å².